The number of ketones is 1. The fraction of sp³-hybridized carbons (Fsp3) is 0.286. The summed E-state index contributed by atoms with van der Waals surface area (Å²) in [5.41, 5.74) is 0.177. The number of hydrogen-bond acceptors (Lipinski definition) is 2. The molecule has 0 atom stereocenters. The molecule has 0 aliphatic rings. The molecule has 0 fully saturated rings. The predicted octanol–water partition coefficient (Wildman–Crippen LogP) is 2.25. The zero-order chi connectivity index (χ0) is 14.0. The van der Waals surface area contributed by atoms with Crippen LogP contribution in [0.4, 0.5) is 4.39 Å². The van der Waals surface area contributed by atoms with E-state index in [2.05, 4.69) is 0 Å². The van der Waals surface area contributed by atoms with Gasteiger partial charge in [-0.2, -0.15) is 0 Å². The lowest BCUT2D eigenvalue weighted by Gasteiger charge is -2.05. The summed E-state index contributed by atoms with van der Waals surface area (Å²) in [4.78, 5) is 23.9. The van der Waals surface area contributed by atoms with Gasteiger partial charge in [-0.05, 0) is 38.1 Å². The third-order valence-corrected chi connectivity index (χ3v) is 2.91. The number of nitrogens with zero attached hydrogens (tertiary/aromatic N) is 2. The number of benzene rings is 1. The summed E-state index contributed by atoms with van der Waals surface area (Å²) in [7, 11) is 0. The molecule has 2 rings (SSSR count). The molecule has 2 aromatic rings. The lowest BCUT2D eigenvalue weighted by Crippen LogP contribution is -2.27. The number of rotatable bonds is 4. The van der Waals surface area contributed by atoms with Gasteiger partial charge >= 0.3 is 5.69 Å². The monoisotopic (exact) mass is 262 g/mol. The van der Waals surface area contributed by atoms with Gasteiger partial charge in [0.25, 0.3) is 0 Å². The average Bonchev–Trinajstić information content (AvgIpc) is 2.72. The summed E-state index contributed by atoms with van der Waals surface area (Å²) in [6.45, 7) is 3.76. The molecule has 0 N–H and O–H groups in total. The Balaban J connectivity index is 2.20. The van der Waals surface area contributed by atoms with E-state index >= 15 is 0 Å². The number of hydrogen-bond donors (Lipinski definition) is 0. The minimum absolute atomic E-state index is 0.0375. The molecule has 1 heterocycles. The Hall–Kier alpha value is -2.17. The molecule has 1 aromatic carbocycles. The summed E-state index contributed by atoms with van der Waals surface area (Å²) in [5, 5.41) is 0. The minimum atomic E-state index is -0.389. The second-order valence-corrected chi connectivity index (χ2v) is 4.64. The van der Waals surface area contributed by atoms with Crippen molar-refractivity contribution in [3.8, 4) is 0 Å². The molecule has 0 aliphatic carbocycles. The van der Waals surface area contributed by atoms with Gasteiger partial charge < -0.3 is 0 Å². The van der Waals surface area contributed by atoms with E-state index in [9.17, 15) is 14.0 Å². The summed E-state index contributed by atoms with van der Waals surface area (Å²) in [5.74, 6) is -0.608. The van der Waals surface area contributed by atoms with Crippen molar-refractivity contribution in [2.75, 3.05) is 0 Å². The first-order valence-corrected chi connectivity index (χ1v) is 6.05. The van der Waals surface area contributed by atoms with Crippen molar-refractivity contribution in [1.82, 2.24) is 9.13 Å². The SMILES string of the molecule is CC(C)n1ccn(CC(=O)c2ccc(F)cc2)c1=O. The van der Waals surface area contributed by atoms with E-state index in [1.54, 1.807) is 17.0 Å². The Kier molecular flexibility index (Phi) is 3.64. The lowest BCUT2D eigenvalue weighted by atomic mass is 10.1. The van der Waals surface area contributed by atoms with Crippen molar-refractivity contribution in [3.63, 3.8) is 0 Å². The highest BCUT2D eigenvalue weighted by Crippen LogP contribution is 2.05. The molecule has 100 valence electrons. The first-order chi connectivity index (χ1) is 8.99. The molecule has 0 radical (unpaired) electrons. The predicted molar refractivity (Wildman–Crippen MR) is 69.8 cm³/mol. The molecular formula is C14H15FN2O2. The molecule has 4 nitrogen and oxygen atoms in total. The van der Waals surface area contributed by atoms with Gasteiger partial charge in [0.1, 0.15) is 5.82 Å². The number of Topliss-reactive ketones (excluding diaryl/α,β-unsaturated/α-hetero) is 1. The molecule has 5 heteroatoms. The van der Waals surface area contributed by atoms with E-state index in [0.29, 0.717) is 5.56 Å². The number of halogens is 1. The Morgan fingerprint density at radius 3 is 2.37 bits per heavy atom. The van der Waals surface area contributed by atoms with Crippen LogP contribution in [0.1, 0.15) is 30.2 Å². The topological polar surface area (TPSA) is 44.0 Å². The van der Waals surface area contributed by atoms with E-state index in [-0.39, 0.29) is 29.9 Å². The van der Waals surface area contributed by atoms with E-state index in [1.165, 1.54) is 28.8 Å². The average molecular weight is 262 g/mol. The summed E-state index contributed by atoms with van der Waals surface area (Å²) in [6, 6.07) is 5.35. The fourth-order valence-corrected chi connectivity index (χ4v) is 1.82. The normalized spacial score (nSPS) is 10.9. The van der Waals surface area contributed by atoms with E-state index < -0.39 is 0 Å². The smallest absolute Gasteiger partial charge is 0.297 e. The summed E-state index contributed by atoms with van der Waals surface area (Å²) in [6.07, 6.45) is 3.24. The van der Waals surface area contributed by atoms with Crippen molar-refractivity contribution in [2.45, 2.75) is 26.4 Å². The standard InChI is InChI=1S/C14H15FN2O2/c1-10(2)17-8-7-16(14(17)19)9-13(18)11-3-5-12(15)6-4-11/h3-8,10H,9H2,1-2H3. The number of aromatic nitrogens is 2. The highest BCUT2D eigenvalue weighted by Gasteiger charge is 2.11. The van der Waals surface area contributed by atoms with Gasteiger partial charge in [0, 0.05) is 24.0 Å². The molecule has 1 aromatic heterocycles. The quantitative estimate of drug-likeness (QED) is 0.793. The molecule has 0 saturated heterocycles. The first-order valence-electron chi connectivity index (χ1n) is 6.05. The van der Waals surface area contributed by atoms with Crippen molar-refractivity contribution in [2.24, 2.45) is 0 Å². The van der Waals surface area contributed by atoms with Crippen LogP contribution in [0.2, 0.25) is 0 Å². The van der Waals surface area contributed by atoms with Gasteiger partial charge in [-0.1, -0.05) is 0 Å². The molecule has 0 spiro atoms. The van der Waals surface area contributed by atoms with Gasteiger partial charge in [0.05, 0.1) is 6.54 Å². The Morgan fingerprint density at radius 1 is 1.21 bits per heavy atom. The van der Waals surface area contributed by atoms with Gasteiger partial charge in [-0.15, -0.1) is 0 Å². The van der Waals surface area contributed by atoms with Gasteiger partial charge in [0.15, 0.2) is 5.78 Å². The van der Waals surface area contributed by atoms with Crippen LogP contribution in [0.5, 0.6) is 0 Å². The van der Waals surface area contributed by atoms with Gasteiger partial charge in [0.2, 0.25) is 0 Å². The van der Waals surface area contributed by atoms with Crippen LogP contribution in [-0.4, -0.2) is 14.9 Å². The van der Waals surface area contributed by atoms with Gasteiger partial charge in [-0.25, -0.2) is 9.18 Å². The maximum Gasteiger partial charge on any atom is 0.328 e. The fourth-order valence-electron chi connectivity index (χ4n) is 1.82. The van der Waals surface area contributed by atoms with Crippen LogP contribution in [-0.2, 0) is 6.54 Å². The van der Waals surface area contributed by atoms with E-state index in [0.717, 1.165) is 0 Å². The highest BCUT2D eigenvalue weighted by molar-refractivity contribution is 5.95. The third kappa shape index (κ3) is 2.81. The van der Waals surface area contributed by atoms with Crippen molar-refractivity contribution in [3.05, 3.63) is 58.5 Å². The van der Waals surface area contributed by atoms with E-state index in [1.807, 2.05) is 13.8 Å². The van der Waals surface area contributed by atoms with Crippen LogP contribution in [0.3, 0.4) is 0 Å². The van der Waals surface area contributed by atoms with Crippen LogP contribution in [0, 0.1) is 5.82 Å². The van der Waals surface area contributed by atoms with Crippen LogP contribution in [0.25, 0.3) is 0 Å². The molecule has 0 saturated carbocycles. The number of imidazole rings is 1. The van der Waals surface area contributed by atoms with E-state index in [4.69, 9.17) is 0 Å². The highest BCUT2D eigenvalue weighted by atomic mass is 19.1. The Labute approximate surface area is 110 Å². The molecule has 0 amide bonds. The third-order valence-electron chi connectivity index (χ3n) is 2.91. The Morgan fingerprint density at radius 2 is 1.84 bits per heavy atom. The van der Waals surface area contributed by atoms with Crippen molar-refractivity contribution in [1.29, 1.82) is 0 Å². The van der Waals surface area contributed by atoms with Crippen molar-refractivity contribution >= 4 is 5.78 Å². The summed E-state index contributed by atoms with van der Waals surface area (Å²) < 4.78 is 15.7. The minimum Gasteiger partial charge on any atom is -0.297 e. The Bertz CT molecular complexity index is 638. The van der Waals surface area contributed by atoms with Crippen LogP contribution >= 0.6 is 0 Å². The maximum absolute atomic E-state index is 12.8. The molecule has 0 bridgehead atoms. The maximum atomic E-state index is 12.8. The first kappa shape index (κ1) is 13.3. The zero-order valence-corrected chi connectivity index (χ0v) is 10.8. The zero-order valence-electron chi connectivity index (χ0n) is 10.8. The van der Waals surface area contributed by atoms with Crippen LogP contribution in [0.15, 0.2) is 41.5 Å². The molecular weight excluding hydrogens is 247 g/mol. The largest absolute Gasteiger partial charge is 0.328 e. The summed E-state index contributed by atoms with van der Waals surface area (Å²) >= 11 is 0. The molecule has 19 heavy (non-hydrogen) atoms. The molecule has 0 unspecified atom stereocenters. The second-order valence-electron chi connectivity index (χ2n) is 4.64. The lowest BCUT2D eigenvalue weighted by molar-refractivity contribution is 0.0970. The number of carbonyl (C=O) groups is 1. The number of carbonyl (C=O) groups excluding carboxylic acids is 1. The second kappa shape index (κ2) is 5.22. The molecule has 0 aliphatic heterocycles. The van der Waals surface area contributed by atoms with Gasteiger partial charge in [-0.3, -0.25) is 13.9 Å². The van der Waals surface area contributed by atoms with Crippen molar-refractivity contribution < 1.29 is 9.18 Å². The van der Waals surface area contributed by atoms with Crippen LogP contribution < -0.4 is 5.69 Å².